The number of para-hydroxylation sites is 1. The predicted octanol–water partition coefficient (Wildman–Crippen LogP) is 2.98. The number of aromatic nitrogens is 1. The number of ether oxygens (including phenoxy) is 2. The van der Waals surface area contributed by atoms with Gasteiger partial charge in [-0.15, -0.1) is 11.3 Å². The van der Waals surface area contributed by atoms with Crippen molar-refractivity contribution in [2.75, 3.05) is 33.0 Å². The molecule has 0 saturated carbocycles. The first-order valence-corrected chi connectivity index (χ1v) is 9.84. The largest absolute Gasteiger partial charge is 0.454 e. The Labute approximate surface area is 160 Å². The maximum absolute atomic E-state index is 12.8. The fraction of sp³-hybridized carbons (Fsp3) is 0.300. The molecule has 138 valence electrons. The van der Waals surface area contributed by atoms with E-state index in [1.807, 2.05) is 23.1 Å². The Morgan fingerprint density at radius 3 is 2.70 bits per heavy atom. The average molecular weight is 381 g/mol. The highest BCUT2D eigenvalue weighted by Crippen LogP contribution is 2.33. The Balaban J connectivity index is 1.21. The van der Waals surface area contributed by atoms with Crippen LogP contribution in [0.2, 0.25) is 0 Å². The van der Waals surface area contributed by atoms with Crippen molar-refractivity contribution in [1.82, 2.24) is 14.8 Å². The van der Waals surface area contributed by atoms with Crippen molar-refractivity contribution in [2.45, 2.75) is 6.54 Å². The smallest absolute Gasteiger partial charge is 0.254 e. The van der Waals surface area contributed by atoms with Gasteiger partial charge in [0.15, 0.2) is 11.5 Å². The van der Waals surface area contributed by atoms with Gasteiger partial charge in [0.2, 0.25) is 6.79 Å². The average Bonchev–Trinajstić information content (AvgIpc) is 3.33. The van der Waals surface area contributed by atoms with Crippen LogP contribution >= 0.6 is 11.3 Å². The number of hydrogen-bond donors (Lipinski definition) is 0. The van der Waals surface area contributed by atoms with E-state index >= 15 is 0 Å². The maximum atomic E-state index is 12.8. The fourth-order valence-electron chi connectivity index (χ4n) is 3.50. The van der Waals surface area contributed by atoms with Crippen LogP contribution in [0.5, 0.6) is 11.5 Å². The minimum atomic E-state index is 0.0490. The minimum Gasteiger partial charge on any atom is -0.454 e. The van der Waals surface area contributed by atoms with Gasteiger partial charge in [0.25, 0.3) is 5.91 Å². The Morgan fingerprint density at radius 2 is 1.85 bits per heavy atom. The van der Waals surface area contributed by atoms with E-state index < -0.39 is 0 Å². The molecule has 3 aromatic rings. The summed E-state index contributed by atoms with van der Waals surface area (Å²) in [5.41, 5.74) is 1.72. The van der Waals surface area contributed by atoms with Crippen LogP contribution in [0.4, 0.5) is 0 Å². The molecule has 0 spiro atoms. The van der Waals surface area contributed by atoms with E-state index in [0.717, 1.165) is 43.2 Å². The number of nitrogens with zero attached hydrogens (tertiary/aromatic N) is 3. The molecule has 0 N–H and O–H groups in total. The number of amides is 1. The summed E-state index contributed by atoms with van der Waals surface area (Å²) in [6, 6.07) is 13.6. The molecule has 3 heterocycles. The van der Waals surface area contributed by atoms with Gasteiger partial charge in [-0.3, -0.25) is 9.69 Å². The van der Waals surface area contributed by atoms with E-state index in [9.17, 15) is 4.79 Å². The van der Waals surface area contributed by atoms with E-state index in [4.69, 9.17) is 14.5 Å². The van der Waals surface area contributed by atoms with Crippen molar-refractivity contribution in [3.8, 4) is 11.5 Å². The van der Waals surface area contributed by atoms with Gasteiger partial charge < -0.3 is 14.4 Å². The lowest BCUT2D eigenvalue weighted by atomic mass is 10.1. The third kappa shape index (κ3) is 3.24. The third-order valence-electron chi connectivity index (χ3n) is 4.98. The van der Waals surface area contributed by atoms with Crippen LogP contribution in [0.25, 0.3) is 10.2 Å². The van der Waals surface area contributed by atoms with Gasteiger partial charge in [0.1, 0.15) is 5.01 Å². The molecule has 2 aliphatic rings. The van der Waals surface area contributed by atoms with Crippen molar-refractivity contribution >= 4 is 27.5 Å². The van der Waals surface area contributed by atoms with E-state index in [-0.39, 0.29) is 12.7 Å². The molecule has 1 fully saturated rings. The zero-order valence-corrected chi connectivity index (χ0v) is 15.6. The van der Waals surface area contributed by atoms with E-state index in [1.165, 1.54) is 4.70 Å². The number of piperazine rings is 1. The molecule has 0 unspecified atom stereocenters. The van der Waals surface area contributed by atoms with E-state index in [0.29, 0.717) is 17.1 Å². The van der Waals surface area contributed by atoms with Crippen LogP contribution in [0.1, 0.15) is 15.4 Å². The van der Waals surface area contributed by atoms with Crippen LogP contribution < -0.4 is 9.47 Å². The molecule has 1 saturated heterocycles. The Hall–Kier alpha value is -2.64. The molecule has 2 aliphatic heterocycles. The topological polar surface area (TPSA) is 54.9 Å². The van der Waals surface area contributed by atoms with Gasteiger partial charge in [0.05, 0.1) is 16.8 Å². The first-order valence-electron chi connectivity index (χ1n) is 9.02. The molecular formula is C20H19N3O3S. The first-order chi connectivity index (χ1) is 13.3. The SMILES string of the molecule is O=C(c1ccc2c(c1)OCO2)N1CCN(Cc2nc3ccccc3s2)CC1. The number of carbonyl (C=O) groups excluding carboxylic acids is 1. The van der Waals surface area contributed by atoms with Gasteiger partial charge in [-0.25, -0.2) is 4.98 Å². The van der Waals surface area contributed by atoms with Crippen molar-refractivity contribution in [3.05, 3.63) is 53.0 Å². The first kappa shape index (κ1) is 16.5. The predicted molar refractivity (Wildman–Crippen MR) is 103 cm³/mol. The summed E-state index contributed by atoms with van der Waals surface area (Å²) in [7, 11) is 0. The second-order valence-corrected chi connectivity index (χ2v) is 7.83. The van der Waals surface area contributed by atoms with Gasteiger partial charge in [0, 0.05) is 31.7 Å². The summed E-state index contributed by atoms with van der Waals surface area (Å²) < 4.78 is 11.9. The molecular weight excluding hydrogens is 362 g/mol. The highest BCUT2D eigenvalue weighted by atomic mass is 32.1. The van der Waals surface area contributed by atoms with Crippen LogP contribution in [-0.4, -0.2) is 53.7 Å². The summed E-state index contributed by atoms with van der Waals surface area (Å²) in [6.07, 6.45) is 0. The molecule has 7 heteroatoms. The zero-order chi connectivity index (χ0) is 18.2. The van der Waals surface area contributed by atoms with E-state index in [1.54, 1.807) is 23.5 Å². The third-order valence-corrected chi connectivity index (χ3v) is 6.00. The summed E-state index contributed by atoms with van der Waals surface area (Å²) in [6.45, 7) is 4.21. The van der Waals surface area contributed by atoms with Crippen molar-refractivity contribution in [2.24, 2.45) is 0 Å². The fourth-order valence-corrected chi connectivity index (χ4v) is 4.51. The normalized spacial score (nSPS) is 16.8. The Bertz CT molecular complexity index is 962. The maximum Gasteiger partial charge on any atom is 0.254 e. The second-order valence-electron chi connectivity index (χ2n) is 6.71. The number of carbonyl (C=O) groups is 1. The molecule has 0 bridgehead atoms. The summed E-state index contributed by atoms with van der Waals surface area (Å²) >= 11 is 1.75. The van der Waals surface area contributed by atoms with Gasteiger partial charge >= 0.3 is 0 Å². The Morgan fingerprint density at radius 1 is 1.04 bits per heavy atom. The zero-order valence-electron chi connectivity index (χ0n) is 14.8. The summed E-state index contributed by atoms with van der Waals surface area (Å²) in [4.78, 5) is 21.8. The molecule has 6 nitrogen and oxygen atoms in total. The molecule has 0 radical (unpaired) electrons. The molecule has 27 heavy (non-hydrogen) atoms. The van der Waals surface area contributed by atoms with Gasteiger partial charge in [-0.2, -0.15) is 0 Å². The van der Waals surface area contributed by atoms with Crippen molar-refractivity contribution in [3.63, 3.8) is 0 Å². The summed E-state index contributed by atoms with van der Waals surface area (Å²) in [5, 5.41) is 1.13. The molecule has 0 atom stereocenters. The van der Waals surface area contributed by atoms with Crippen LogP contribution in [-0.2, 0) is 6.54 Å². The minimum absolute atomic E-state index is 0.0490. The molecule has 2 aromatic carbocycles. The highest BCUT2D eigenvalue weighted by molar-refractivity contribution is 7.18. The number of hydrogen-bond acceptors (Lipinski definition) is 6. The lowest BCUT2D eigenvalue weighted by Crippen LogP contribution is -2.48. The Kier molecular flexibility index (Phi) is 4.18. The highest BCUT2D eigenvalue weighted by Gasteiger charge is 2.24. The molecule has 5 rings (SSSR count). The molecule has 1 amide bonds. The monoisotopic (exact) mass is 381 g/mol. The van der Waals surface area contributed by atoms with E-state index in [2.05, 4.69) is 17.0 Å². The standard InChI is InChI=1S/C20H19N3O3S/c24-20(14-5-6-16-17(11-14)26-13-25-16)23-9-7-22(8-10-23)12-19-21-15-3-1-2-4-18(15)27-19/h1-6,11H,7-10,12-13H2. The number of thiazole rings is 1. The summed E-state index contributed by atoms with van der Waals surface area (Å²) in [5.74, 6) is 1.40. The lowest BCUT2D eigenvalue weighted by Gasteiger charge is -2.34. The van der Waals surface area contributed by atoms with Crippen LogP contribution in [0.15, 0.2) is 42.5 Å². The molecule has 0 aliphatic carbocycles. The molecule has 1 aromatic heterocycles. The van der Waals surface area contributed by atoms with Crippen molar-refractivity contribution in [1.29, 1.82) is 0 Å². The van der Waals surface area contributed by atoms with Gasteiger partial charge in [-0.1, -0.05) is 12.1 Å². The van der Waals surface area contributed by atoms with Gasteiger partial charge in [-0.05, 0) is 30.3 Å². The number of rotatable bonds is 3. The lowest BCUT2D eigenvalue weighted by molar-refractivity contribution is 0.0628. The quantitative estimate of drug-likeness (QED) is 0.698. The van der Waals surface area contributed by atoms with Crippen LogP contribution in [0.3, 0.4) is 0 Å². The number of fused-ring (bicyclic) bond motifs is 2. The van der Waals surface area contributed by atoms with Crippen LogP contribution in [0, 0.1) is 0 Å². The second kappa shape index (κ2) is 6.83. The number of benzene rings is 2. The van der Waals surface area contributed by atoms with Crippen molar-refractivity contribution < 1.29 is 14.3 Å².